The first kappa shape index (κ1) is 13.7. The van der Waals surface area contributed by atoms with Gasteiger partial charge in [0.05, 0.1) is 5.56 Å². The number of halogens is 2. The lowest BCUT2D eigenvalue weighted by Gasteiger charge is -2.10. The highest BCUT2D eigenvalue weighted by atomic mass is 79.9. The molecule has 0 amide bonds. The van der Waals surface area contributed by atoms with Gasteiger partial charge in [0.1, 0.15) is 5.82 Å². The fraction of sp³-hybridized carbons (Fsp3) is 0.133. The van der Waals surface area contributed by atoms with Gasteiger partial charge in [0, 0.05) is 15.7 Å². The molecule has 2 aromatic rings. The summed E-state index contributed by atoms with van der Waals surface area (Å²) in [5.74, 6) is -0.869. The predicted molar refractivity (Wildman–Crippen MR) is 77.9 cm³/mol. The van der Waals surface area contributed by atoms with Crippen LogP contribution in [0.5, 0.6) is 0 Å². The van der Waals surface area contributed by atoms with Crippen LogP contribution in [0, 0.1) is 19.7 Å². The molecule has 0 unspecified atom stereocenters. The van der Waals surface area contributed by atoms with Crippen molar-refractivity contribution in [2.75, 3.05) is 5.73 Å². The molecule has 0 saturated heterocycles. The van der Waals surface area contributed by atoms with Gasteiger partial charge in [-0.15, -0.1) is 0 Å². The normalized spacial score (nSPS) is 10.5. The Morgan fingerprint density at radius 3 is 2.53 bits per heavy atom. The van der Waals surface area contributed by atoms with Crippen molar-refractivity contribution in [1.82, 2.24) is 0 Å². The molecule has 0 aliphatic carbocycles. The van der Waals surface area contributed by atoms with Gasteiger partial charge in [-0.25, -0.2) is 4.39 Å². The monoisotopic (exact) mass is 321 g/mol. The highest BCUT2D eigenvalue weighted by molar-refractivity contribution is 9.10. The largest absolute Gasteiger partial charge is 0.399 e. The van der Waals surface area contributed by atoms with Crippen molar-refractivity contribution in [3.8, 4) is 0 Å². The van der Waals surface area contributed by atoms with E-state index in [0.717, 1.165) is 5.56 Å². The molecular formula is C15H13BrFNO. The lowest BCUT2D eigenvalue weighted by atomic mass is 9.96. The van der Waals surface area contributed by atoms with E-state index in [2.05, 4.69) is 15.9 Å². The molecule has 2 rings (SSSR count). The van der Waals surface area contributed by atoms with Gasteiger partial charge in [0.15, 0.2) is 5.78 Å². The smallest absolute Gasteiger partial charge is 0.197 e. The van der Waals surface area contributed by atoms with Crippen LogP contribution in [0.25, 0.3) is 0 Å². The number of hydrogen-bond acceptors (Lipinski definition) is 2. The van der Waals surface area contributed by atoms with Crippen molar-refractivity contribution < 1.29 is 9.18 Å². The first-order valence-corrected chi connectivity index (χ1v) is 6.56. The molecule has 2 N–H and O–H groups in total. The summed E-state index contributed by atoms with van der Waals surface area (Å²) in [5, 5.41) is 0. The molecule has 0 heterocycles. The lowest BCUT2D eigenvalue weighted by molar-refractivity contribution is 0.103. The van der Waals surface area contributed by atoms with E-state index in [1.165, 1.54) is 6.07 Å². The maximum Gasteiger partial charge on any atom is 0.197 e. The number of nitrogens with two attached hydrogens (primary N) is 1. The minimum atomic E-state index is -0.503. The molecule has 2 nitrogen and oxygen atoms in total. The van der Waals surface area contributed by atoms with Crippen LogP contribution in [0.1, 0.15) is 27.0 Å². The van der Waals surface area contributed by atoms with Gasteiger partial charge in [-0.2, -0.15) is 0 Å². The van der Waals surface area contributed by atoms with E-state index < -0.39 is 5.82 Å². The van der Waals surface area contributed by atoms with Crippen LogP contribution < -0.4 is 5.73 Å². The number of aryl methyl sites for hydroxylation is 2. The van der Waals surface area contributed by atoms with E-state index in [1.807, 2.05) is 0 Å². The molecule has 2 aromatic carbocycles. The Bertz CT molecular complexity index is 644. The fourth-order valence-corrected chi connectivity index (χ4v) is 2.48. The Balaban J connectivity index is 2.59. The number of carbonyl (C=O) groups excluding carboxylic acids is 1. The molecule has 0 radical (unpaired) electrons. The predicted octanol–water partition coefficient (Wildman–Crippen LogP) is 4.02. The fourth-order valence-electron chi connectivity index (χ4n) is 2.05. The summed E-state index contributed by atoms with van der Waals surface area (Å²) in [6, 6.07) is 8.06. The molecule has 0 aliphatic heterocycles. The highest BCUT2D eigenvalue weighted by Crippen LogP contribution is 2.25. The van der Waals surface area contributed by atoms with Crippen molar-refractivity contribution in [2.45, 2.75) is 13.8 Å². The third-order valence-electron chi connectivity index (χ3n) is 2.89. The second-order valence-electron chi connectivity index (χ2n) is 4.51. The average Bonchev–Trinajstić information content (AvgIpc) is 2.30. The van der Waals surface area contributed by atoms with Gasteiger partial charge in [0.2, 0.25) is 0 Å². The van der Waals surface area contributed by atoms with Gasteiger partial charge in [-0.1, -0.05) is 22.0 Å². The zero-order chi connectivity index (χ0) is 14.2. The van der Waals surface area contributed by atoms with Crippen LogP contribution in [0.15, 0.2) is 34.8 Å². The van der Waals surface area contributed by atoms with Crippen LogP contribution in [0.2, 0.25) is 0 Å². The Labute approximate surface area is 119 Å². The standard InChI is InChI=1S/C15H13BrFNO/c1-8-5-9(2)14(13(17)6-8)15(19)11-7-10(18)3-4-12(11)16/h3-7H,18H2,1-2H3. The summed E-state index contributed by atoms with van der Waals surface area (Å²) in [7, 11) is 0. The third kappa shape index (κ3) is 2.68. The molecule has 4 heteroatoms. The van der Waals surface area contributed by atoms with Gasteiger partial charge in [0.25, 0.3) is 0 Å². The number of nitrogen functional groups attached to an aromatic ring is 1. The molecule has 0 bridgehead atoms. The molecule has 0 atom stereocenters. The summed E-state index contributed by atoms with van der Waals surface area (Å²) in [4.78, 5) is 12.4. The number of hydrogen-bond donors (Lipinski definition) is 1. The molecular weight excluding hydrogens is 309 g/mol. The third-order valence-corrected chi connectivity index (χ3v) is 3.59. The summed E-state index contributed by atoms with van der Waals surface area (Å²) >= 11 is 3.29. The zero-order valence-corrected chi connectivity index (χ0v) is 12.2. The number of ketones is 1. The topological polar surface area (TPSA) is 43.1 Å². The SMILES string of the molecule is Cc1cc(C)c(C(=O)c2cc(N)ccc2Br)c(F)c1. The second-order valence-corrected chi connectivity index (χ2v) is 5.36. The lowest BCUT2D eigenvalue weighted by Crippen LogP contribution is -2.08. The summed E-state index contributed by atoms with van der Waals surface area (Å²) < 4.78 is 14.6. The van der Waals surface area contributed by atoms with Gasteiger partial charge in [-0.3, -0.25) is 4.79 Å². The quantitative estimate of drug-likeness (QED) is 0.670. The first-order chi connectivity index (χ1) is 8.90. The van der Waals surface area contributed by atoms with Crippen molar-refractivity contribution in [3.05, 3.63) is 62.9 Å². The van der Waals surface area contributed by atoms with Crippen LogP contribution in [0.4, 0.5) is 10.1 Å². The van der Waals surface area contributed by atoms with Crippen molar-refractivity contribution in [1.29, 1.82) is 0 Å². The number of anilines is 1. The van der Waals surface area contributed by atoms with E-state index in [1.54, 1.807) is 38.1 Å². The van der Waals surface area contributed by atoms with Crippen molar-refractivity contribution >= 4 is 27.4 Å². The molecule has 0 spiro atoms. The molecule has 98 valence electrons. The molecule has 0 fully saturated rings. The van der Waals surface area contributed by atoms with Gasteiger partial charge in [-0.05, 0) is 49.2 Å². The average molecular weight is 322 g/mol. The second kappa shape index (κ2) is 5.13. The maximum absolute atomic E-state index is 14.0. The minimum Gasteiger partial charge on any atom is -0.399 e. The Hall–Kier alpha value is -1.68. The van der Waals surface area contributed by atoms with E-state index in [9.17, 15) is 9.18 Å². The number of benzene rings is 2. The van der Waals surface area contributed by atoms with Crippen molar-refractivity contribution in [3.63, 3.8) is 0 Å². The maximum atomic E-state index is 14.0. The Morgan fingerprint density at radius 2 is 1.89 bits per heavy atom. The van der Waals surface area contributed by atoms with E-state index in [-0.39, 0.29) is 11.3 Å². The number of rotatable bonds is 2. The van der Waals surface area contributed by atoms with Crippen molar-refractivity contribution in [2.24, 2.45) is 0 Å². The summed E-state index contributed by atoms with van der Waals surface area (Å²) in [5.41, 5.74) is 8.02. The molecule has 19 heavy (non-hydrogen) atoms. The molecule has 0 aliphatic rings. The van der Waals surface area contributed by atoms with E-state index >= 15 is 0 Å². The molecule has 0 saturated carbocycles. The van der Waals surface area contributed by atoms with E-state index in [0.29, 0.717) is 21.3 Å². The molecule has 0 aromatic heterocycles. The summed E-state index contributed by atoms with van der Waals surface area (Å²) in [6.45, 7) is 3.52. The van der Waals surface area contributed by atoms with Crippen LogP contribution in [-0.4, -0.2) is 5.78 Å². The Morgan fingerprint density at radius 1 is 1.21 bits per heavy atom. The van der Waals surface area contributed by atoms with E-state index in [4.69, 9.17) is 5.73 Å². The highest BCUT2D eigenvalue weighted by Gasteiger charge is 2.19. The number of carbonyl (C=O) groups is 1. The van der Waals surface area contributed by atoms with Crippen LogP contribution in [0.3, 0.4) is 0 Å². The van der Waals surface area contributed by atoms with Crippen LogP contribution in [-0.2, 0) is 0 Å². The zero-order valence-electron chi connectivity index (χ0n) is 10.6. The van der Waals surface area contributed by atoms with Gasteiger partial charge < -0.3 is 5.73 Å². The van der Waals surface area contributed by atoms with Gasteiger partial charge >= 0.3 is 0 Å². The minimum absolute atomic E-state index is 0.0944. The summed E-state index contributed by atoms with van der Waals surface area (Å²) in [6.07, 6.45) is 0. The van der Waals surface area contributed by atoms with Crippen LogP contribution >= 0.6 is 15.9 Å². The first-order valence-electron chi connectivity index (χ1n) is 5.76. The Kier molecular flexibility index (Phi) is 3.71.